The lowest BCUT2D eigenvalue weighted by Gasteiger charge is -2.38. The average Bonchev–Trinajstić information content (AvgIpc) is 2.54. The molecule has 1 amide bonds. The van der Waals surface area contributed by atoms with Crippen molar-refractivity contribution in [3.63, 3.8) is 0 Å². The van der Waals surface area contributed by atoms with Crippen LogP contribution in [0, 0.1) is 5.92 Å². The Morgan fingerprint density at radius 2 is 2.00 bits per heavy atom. The quantitative estimate of drug-likeness (QED) is 0.752. The predicted octanol–water partition coefficient (Wildman–Crippen LogP) is 2.71. The van der Waals surface area contributed by atoms with Crippen LogP contribution in [0.15, 0.2) is 0 Å². The summed E-state index contributed by atoms with van der Waals surface area (Å²) < 4.78 is 40.6. The van der Waals surface area contributed by atoms with Gasteiger partial charge in [0.1, 0.15) is 11.4 Å². The maximum atomic E-state index is 13.2. The summed E-state index contributed by atoms with van der Waals surface area (Å²) in [7, 11) is -3.18. The van der Waals surface area contributed by atoms with E-state index in [2.05, 4.69) is 0 Å². The predicted molar refractivity (Wildman–Crippen MR) is 74.6 cm³/mol. The van der Waals surface area contributed by atoms with Gasteiger partial charge in [0.25, 0.3) is 0 Å². The Bertz CT molecular complexity index is 471. The van der Waals surface area contributed by atoms with Crippen LogP contribution in [0.4, 0.5) is 8.68 Å². The van der Waals surface area contributed by atoms with E-state index in [1.807, 2.05) is 6.92 Å². The number of carbonyl (C=O) groups is 1. The number of hydrogen-bond acceptors (Lipinski definition) is 4. The molecule has 0 aliphatic heterocycles. The molecule has 0 radical (unpaired) electrons. The van der Waals surface area contributed by atoms with Gasteiger partial charge in [-0.25, -0.2) is 4.79 Å². The van der Waals surface area contributed by atoms with Crippen LogP contribution in [0.3, 0.4) is 0 Å². The van der Waals surface area contributed by atoms with E-state index >= 15 is 0 Å². The molecule has 1 saturated carbocycles. The number of ether oxygens (including phenoxy) is 1. The summed E-state index contributed by atoms with van der Waals surface area (Å²) in [5.41, 5.74) is -1.68. The first-order valence-corrected chi connectivity index (χ1v) is 8.29. The van der Waals surface area contributed by atoms with Gasteiger partial charge in [-0.1, -0.05) is 6.92 Å². The van der Waals surface area contributed by atoms with Gasteiger partial charge in [0, 0.05) is 7.05 Å². The highest BCUT2D eigenvalue weighted by molar-refractivity contribution is 7.86. The van der Waals surface area contributed by atoms with Crippen LogP contribution in [0.25, 0.3) is 0 Å². The minimum Gasteiger partial charge on any atom is -0.444 e. The standard InChI is InChI=1S/C13H24FNO4S/c1-10-6-7-13(8-10,9-20(14,17)18)15(5)11(16)19-12(2,3)4/h10H,6-9H2,1-5H3. The zero-order chi connectivity index (χ0) is 15.8. The van der Waals surface area contributed by atoms with Crippen LogP contribution in [0.1, 0.15) is 47.0 Å². The van der Waals surface area contributed by atoms with Crippen LogP contribution in [-0.4, -0.2) is 43.4 Å². The zero-order valence-electron chi connectivity index (χ0n) is 12.8. The first-order chi connectivity index (χ1) is 8.85. The molecular formula is C13H24FNO4S. The maximum absolute atomic E-state index is 13.2. The minimum absolute atomic E-state index is 0.252. The number of hydrogen-bond donors (Lipinski definition) is 0. The van der Waals surface area contributed by atoms with Crippen LogP contribution in [0.2, 0.25) is 0 Å². The monoisotopic (exact) mass is 309 g/mol. The second-order valence-corrected chi connectivity index (χ2v) is 8.16. The molecule has 0 spiro atoms. The van der Waals surface area contributed by atoms with Gasteiger partial charge in [-0.05, 0) is 46.0 Å². The van der Waals surface area contributed by atoms with Gasteiger partial charge in [0.2, 0.25) is 0 Å². The Hall–Kier alpha value is -0.850. The second-order valence-electron chi connectivity index (χ2n) is 6.79. The molecule has 0 saturated heterocycles. The van der Waals surface area contributed by atoms with Crippen molar-refractivity contribution in [3.8, 4) is 0 Å². The van der Waals surface area contributed by atoms with Crippen molar-refractivity contribution in [1.82, 2.24) is 4.90 Å². The summed E-state index contributed by atoms with van der Waals surface area (Å²) in [5.74, 6) is -0.415. The molecule has 20 heavy (non-hydrogen) atoms. The number of amides is 1. The minimum atomic E-state index is -4.66. The number of rotatable bonds is 3. The van der Waals surface area contributed by atoms with Crippen molar-refractivity contribution in [2.75, 3.05) is 12.8 Å². The molecule has 118 valence electrons. The summed E-state index contributed by atoms with van der Waals surface area (Å²) in [6.07, 6.45) is 1.08. The summed E-state index contributed by atoms with van der Waals surface area (Å²) in [6.45, 7) is 7.16. The molecule has 5 nitrogen and oxygen atoms in total. The van der Waals surface area contributed by atoms with Gasteiger partial charge in [0.05, 0.1) is 5.54 Å². The average molecular weight is 309 g/mol. The molecule has 0 aromatic carbocycles. The maximum Gasteiger partial charge on any atom is 0.410 e. The molecule has 2 unspecified atom stereocenters. The van der Waals surface area contributed by atoms with E-state index in [0.717, 1.165) is 6.42 Å². The SMILES string of the molecule is CC1CCC(CS(=O)(=O)F)(N(C)C(=O)OC(C)(C)C)C1. The van der Waals surface area contributed by atoms with Crippen LogP contribution < -0.4 is 0 Å². The fourth-order valence-electron chi connectivity index (χ4n) is 2.75. The molecule has 2 atom stereocenters. The van der Waals surface area contributed by atoms with Crippen molar-refractivity contribution >= 4 is 16.3 Å². The molecule has 0 heterocycles. The zero-order valence-corrected chi connectivity index (χ0v) is 13.6. The Balaban J connectivity index is 2.97. The highest BCUT2D eigenvalue weighted by atomic mass is 32.3. The van der Waals surface area contributed by atoms with Crippen LogP contribution in [0.5, 0.6) is 0 Å². The first kappa shape index (κ1) is 17.2. The third-order valence-corrected chi connectivity index (χ3v) is 4.53. The number of carbonyl (C=O) groups excluding carboxylic acids is 1. The highest BCUT2D eigenvalue weighted by Crippen LogP contribution is 2.40. The first-order valence-electron chi connectivity index (χ1n) is 6.74. The van der Waals surface area contributed by atoms with E-state index in [1.165, 1.54) is 11.9 Å². The van der Waals surface area contributed by atoms with E-state index < -0.39 is 33.2 Å². The second kappa shape index (κ2) is 5.50. The topological polar surface area (TPSA) is 63.7 Å². The van der Waals surface area contributed by atoms with E-state index in [4.69, 9.17) is 4.74 Å². The van der Waals surface area contributed by atoms with Gasteiger partial charge < -0.3 is 9.64 Å². The Labute approximate surface area is 120 Å². The fourth-order valence-corrected chi connectivity index (χ4v) is 3.84. The Morgan fingerprint density at radius 1 is 1.45 bits per heavy atom. The number of nitrogens with zero attached hydrogens (tertiary/aromatic N) is 1. The molecule has 0 aromatic rings. The third-order valence-electron chi connectivity index (χ3n) is 3.65. The molecule has 1 fully saturated rings. The summed E-state index contributed by atoms with van der Waals surface area (Å²) in [4.78, 5) is 13.4. The van der Waals surface area contributed by atoms with Crippen molar-refractivity contribution in [3.05, 3.63) is 0 Å². The van der Waals surface area contributed by atoms with E-state index in [-0.39, 0.29) is 5.92 Å². The smallest absolute Gasteiger partial charge is 0.410 e. The van der Waals surface area contributed by atoms with Gasteiger partial charge in [-0.2, -0.15) is 8.42 Å². The van der Waals surface area contributed by atoms with E-state index in [0.29, 0.717) is 12.8 Å². The van der Waals surface area contributed by atoms with Crippen LogP contribution in [-0.2, 0) is 15.0 Å². The van der Waals surface area contributed by atoms with E-state index in [9.17, 15) is 17.1 Å². The molecule has 0 aromatic heterocycles. The molecule has 1 aliphatic carbocycles. The Kier molecular flexibility index (Phi) is 4.73. The van der Waals surface area contributed by atoms with Gasteiger partial charge >= 0.3 is 16.3 Å². The lowest BCUT2D eigenvalue weighted by molar-refractivity contribution is 0.00919. The summed E-state index contributed by atoms with van der Waals surface area (Å²) >= 11 is 0. The fraction of sp³-hybridized carbons (Fsp3) is 0.923. The molecule has 0 N–H and O–H groups in total. The van der Waals surface area contributed by atoms with Gasteiger partial charge in [0.15, 0.2) is 0 Å². The van der Waals surface area contributed by atoms with Gasteiger partial charge in [-0.15, -0.1) is 3.89 Å². The largest absolute Gasteiger partial charge is 0.444 e. The third kappa shape index (κ3) is 4.61. The van der Waals surface area contributed by atoms with E-state index in [1.54, 1.807) is 20.8 Å². The molecule has 1 aliphatic rings. The lowest BCUT2D eigenvalue weighted by Crippen LogP contribution is -2.53. The van der Waals surface area contributed by atoms with Crippen molar-refractivity contribution in [1.29, 1.82) is 0 Å². The van der Waals surface area contributed by atoms with Gasteiger partial charge in [-0.3, -0.25) is 0 Å². The molecule has 7 heteroatoms. The highest BCUT2D eigenvalue weighted by Gasteiger charge is 2.47. The van der Waals surface area contributed by atoms with Crippen molar-refractivity contribution in [2.45, 2.75) is 58.1 Å². The van der Waals surface area contributed by atoms with Crippen molar-refractivity contribution in [2.24, 2.45) is 5.92 Å². The molecular weight excluding hydrogens is 285 g/mol. The van der Waals surface area contributed by atoms with Crippen molar-refractivity contribution < 1.29 is 21.8 Å². The number of halogens is 1. The summed E-state index contributed by atoms with van der Waals surface area (Å²) in [5, 5.41) is 0. The molecule has 0 bridgehead atoms. The lowest BCUT2D eigenvalue weighted by atomic mass is 9.97. The van der Waals surface area contributed by atoms with Crippen LogP contribution >= 0.6 is 0 Å². The normalized spacial score (nSPS) is 27.4. The Morgan fingerprint density at radius 3 is 2.35 bits per heavy atom. The molecule has 1 rings (SSSR count). The summed E-state index contributed by atoms with van der Waals surface area (Å²) in [6, 6.07) is 0.